The van der Waals surface area contributed by atoms with E-state index in [1.807, 2.05) is 0 Å². The Kier molecular flexibility index (Phi) is 5.41. The number of phosphoric ester groups is 2. The number of nitrogens with two attached hydrogens (primary N) is 1. The minimum absolute atomic E-state index is 0.125. The molecule has 26 heavy (non-hydrogen) atoms. The first-order valence-corrected chi connectivity index (χ1v) is 11.1. The maximum Gasteiger partial charge on any atom is 0.469 e. The molecule has 1 fully saturated rings. The summed E-state index contributed by atoms with van der Waals surface area (Å²) in [7, 11) is -9.55. The van der Waals surface area contributed by atoms with Gasteiger partial charge in [0.2, 0.25) is 0 Å². The Morgan fingerprint density at radius 3 is 2.62 bits per heavy atom. The average molecular weight is 427 g/mol. The van der Waals surface area contributed by atoms with E-state index < -0.39 is 39.0 Å². The van der Waals surface area contributed by atoms with Crippen LogP contribution in [-0.4, -0.2) is 57.1 Å². The van der Waals surface area contributed by atoms with Crippen LogP contribution < -0.4 is 5.73 Å². The molecule has 0 bridgehead atoms. The van der Waals surface area contributed by atoms with Gasteiger partial charge in [-0.25, -0.2) is 24.1 Å². The van der Waals surface area contributed by atoms with Crippen molar-refractivity contribution in [1.29, 1.82) is 0 Å². The molecule has 1 aliphatic heterocycles. The SMILES string of the molecule is Nc1ncnc2c1ncn2[C@H]1C[C@H](OP(=O)(O)O)[C@@H](COP(=O)(O)O)S1. The molecule has 3 atom stereocenters. The van der Waals surface area contributed by atoms with Crippen molar-refractivity contribution >= 4 is 44.4 Å². The van der Waals surface area contributed by atoms with Gasteiger partial charge in [0.15, 0.2) is 11.5 Å². The average Bonchev–Trinajstić information content (AvgIpc) is 3.07. The molecule has 0 radical (unpaired) electrons. The van der Waals surface area contributed by atoms with Gasteiger partial charge in [-0.15, -0.1) is 11.8 Å². The molecule has 144 valence electrons. The highest BCUT2D eigenvalue weighted by Crippen LogP contribution is 2.51. The van der Waals surface area contributed by atoms with Crippen molar-refractivity contribution in [3.05, 3.63) is 12.7 Å². The lowest BCUT2D eigenvalue weighted by atomic mass is 10.2. The lowest BCUT2D eigenvalue weighted by Gasteiger charge is -2.19. The van der Waals surface area contributed by atoms with Gasteiger partial charge >= 0.3 is 15.6 Å². The van der Waals surface area contributed by atoms with Gasteiger partial charge in [0.1, 0.15) is 11.8 Å². The number of thioether (sulfide) groups is 1. The first-order valence-electron chi connectivity index (χ1n) is 7.06. The molecule has 3 heterocycles. The molecule has 6 N–H and O–H groups in total. The maximum absolute atomic E-state index is 11.2. The summed E-state index contributed by atoms with van der Waals surface area (Å²) in [6.07, 6.45) is 1.83. The van der Waals surface area contributed by atoms with Crippen molar-refractivity contribution < 1.29 is 37.8 Å². The van der Waals surface area contributed by atoms with Gasteiger partial charge in [0.25, 0.3) is 0 Å². The fourth-order valence-corrected chi connectivity index (χ4v) is 5.16. The van der Waals surface area contributed by atoms with Gasteiger partial charge in [0.05, 0.1) is 29.7 Å². The van der Waals surface area contributed by atoms with Gasteiger partial charge in [-0.1, -0.05) is 0 Å². The largest absolute Gasteiger partial charge is 0.469 e. The molecule has 0 aromatic carbocycles. The van der Waals surface area contributed by atoms with E-state index in [1.54, 1.807) is 4.57 Å². The number of fused-ring (bicyclic) bond motifs is 1. The number of aromatic nitrogens is 4. The fraction of sp³-hybridized carbons (Fsp3) is 0.500. The van der Waals surface area contributed by atoms with E-state index in [1.165, 1.54) is 12.7 Å². The third kappa shape index (κ3) is 4.60. The summed E-state index contributed by atoms with van der Waals surface area (Å²) in [6, 6.07) is 0. The Morgan fingerprint density at radius 2 is 1.96 bits per heavy atom. The molecule has 2 aromatic heterocycles. The summed E-state index contributed by atoms with van der Waals surface area (Å²) in [5.41, 5.74) is 6.52. The predicted octanol–water partition coefficient (Wildman–Crippen LogP) is -0.000200. The van der Waals surface area contributed by atoms with E-state index in [4.69, 9.17) is 29.8 Å². The highest BCUT2D eigenvalue weighted by atomic mass is 32.2. The highest BCUT2D eigenvalue weighted by molar-refractivity contribution is 8.00. The topological polar surface area (TPSA) is 203 Å². The predicted molar refractivity (Wildman–Crippen MR) is 89.7 cm³/mol. The second-order valence-corrected chi connectivity index (χ2v) is 9.22. The lowest BCUT2D eigenvalue weighted by molar-refractivity contribution is 0.108. The number of hydrogen-bond donors (Lipinski definition) is 5. The molecule has 13 nitrogen and oxygen atoms in total. The number of phosphoric acid groups is 2. The summed E-state index contributed by atoms with van der Waals surface area (Å²) in [6.45, 7) is -0.458. The zero-order chi connectivity index (χ0) is 19.1. The van der Waals surface area contributed by atoms with Crippen molar-refractivity contribution in [2.45, 2.75) is 23.1 Å². The van der Waals surface area contributed by atoms with E-state index in [0.29, 0.717) is 11.2 Å². The molecular weight excluding hydrogens is 412 g/mol. The number of rotatable bonds is 6. The third-order valence-electron chi connectivity index (χ3n) is 3.56. The van der Waals surface area contributed by atoms with Crippen LogP contribution in [0.25, 0.3) is 11.2 Å². The number of nitrogen functional groups attached to an aromatic ring is 1. The summed E-state index contributed by atoms with van der Waals surface area (Å²) in [5.74, 6) is 0.182. The van der Waals surface area contributed by atoms with Gasteiger partial charge < -0.3 is 29.9 Å². The quantitative estimate of drug-likeness (QED) is 0.386. The summed E-state index contributed by atoms with van der Waals surface area (Å²) in [4.78, 5) is 47.9. The molecule has 1 saturated heterocycles. The van der Waals surface area contributed by atoms with Crippen LogP contribution in [-0.2, 0) is 18.2 Å². The van der Waals surface area contributed by atoms with Crippen molar-refractivity contribution in [1.82, 2.24) is 19.5 Å². The van der Waals surface area contributed by atoms with Crippen LogP contribution in [0.15, 0.2) is 12.7 Å². The minimum atomic E-state index is -4.81. The molecule has 0 spiro atoms. The van der Waals surface area contributed by atoms with Crippen LogP contribution in [0.2, 0.25) is 0 Å². The Balaban J connectivity index is 1.85. The third-order valence-corrected chi connectivity index (χ3v) is 6.11. The molecule has 0 aliphatic carbocycles. The standard InChI is InChI=1S/C10H15N5O8P2S/c11-9-8-10(13-3-12-9)15(4-14-8)7-1-5(23-25(19,20)21)6(26-7)2-22-24(16,17)18/h3-7H,1-2H2,(H2,11,12,13)(H2,16,17,18)(H2,19,20,21)/t5-,6+,7+/m0/s1. The first-order chi connectivity index (χ1) is 12.0. The lowest BCUT2D eigenvalue weighted by Crippen LogP contribution is -2.24. The number of anilines is 1. The van der Waals surface area contributed by atoms with E-state index in [2.05, 4.69) is 19.5 Å². The molecule has 0 amide bonds. The van der Waals surface area contributed by atoms with E-state index in [-0.39, 0.29) is 12.2 Å². The normalized spacial score (nSPS) is 24.4. The van der Waals surface area contributed by atoms with Crippen LogP contribution in [0.3, 0.4) is 0 Å². The summed E-state index contributed by atoms with van der Waals surface area (Å²) >= 11 is 1.16. The van der Waals surface area contributed by atoms with Crippen molar-refractivity contribution in [3.63, 3.8) is 0 Å². The zero-order valence-electron chi connectivity index (χ0n) is 12.9. The highest BCUT2D eigenvalue weighted by Gasteiger charge is 2.41. The van der Waals surface area contributed by atoms with Crippen molar-refractivity contribution in [3.8, 4) is 0 Å². The molecule has 0 unspecified atom stereocenters. The summed E-state index contributed by atoms with van der Waals surface area (Å²) < 4.78 is 33.0. The van der Waals surface area contributed by atoms with Gasteiger partial charge in [-0.3, -0.25) is 9.05 Å². The number of nitrogens with zero attached hydrogens (tertiary/aromatic N) is 4. The van der Waals surface area contributed by atoms with Crippen LogP contribution in [0.5, 0.6) is 0 Å². The first kappa shape index (κ1) is 19.7. The fourth-order valence-electron chi connectivity index (χ4n) is 2.56. The second kappa shape index (κ2) is 7.15. The maximum atomic E-state index is 11.2. The van der Waals surface area contributed by atoms with Gasteiger partial charge in [0, 0.05) is 6.42 Å². The van der Waals surface area contributed by atoms with E-state index in [0.717, 1.165) is 11.8 Å². The van der Waals surface area contributed by atoms with Crippen LogP contribution in [0, 0.1) is 0 Å². The molecule has 1 aliphatic rings. The molecule has 16 heteroatoms. The van der Waals surface area contributed by atoms with Crippen LogP contribution >= 0.6 is 27.4 Å². The van der Waals surface area contributed by atoms with E-state index in [9.17, 15) is 9.13 Å². The van der Waals surface area contributed by atoms with Gasteiger partial charge in [-0.2, -0.15) is 0 Å². The Labute approximate surface area is 150 Å². The Hall–Kier alpha value is -1.08. The molecular formula is C10H15N5O8P2S. The number of imidazole rings is 1. The minimum Gasteiger partial charge on any atom is -0.382 e. The molecule has 0 saturated carbocycles. The van der Waals surface area contributed by atoms with Crippen LogP contribution in [0.1, 0.15) is 11.8 Å². The van der Waals surface area contributed by atoms with Crippen molar-refractivity contribution in [2.75, 3.05) is 12.3 Å². The zero-order valence-corrected chi connectivity index (χ0v) is 15.5. The van der Waals surface area contributed by atoms with Crippen molar-refractivity contribution in [2.24, 2.45) is 0 Å². The second-order valence-electron chi connectivity index (χ2n) is 5.37. The molecule has 2 aromatic rings. The summed E-state index contributed by atoms with van der Waals surface area (Å²) in [5, 5.41) is -1.16. The Morgan fingerprint density at radius 1 is 1.23 bits per heavy atom. The van der Waals surface area contributed by atoms with E-state index >= 15 is 0 Å². The van der Waals surface area contributed by atoms with Gasteiger partial charge in [-0.05, 0) is 0 Å². The molecule has 3 rings (SSSR count). The number of hydrogen-bond acceptors (Lipinski definition) is 9. The monoisotopic (exact) mass is 427 g/mol. The van der Waals surface area contributed by atoms with Crippen LogP contribution in [0.4, 0.5) is 5.82 Å². The smallest absolute Gasteiger partial charge is 0.382 e. The Bertz CT molecular complexity index is 899.